The summed E-state index contributed by atoms with van der Waals surface area (Å²) in [5.74, 6) is -0.846. The van der Waals surface area contributed by atoms with Gasteiger partial charge in [-0.15, -0.1) is 0 Å². The number of benzene rings is 1. The molecule has 2 heterocycles. The molecular weight excluding hydrogens is 291 g/mol. The Bertz CT molecular complexity index is 710. The van der Waals surface area contributed by atoms with Crippen LogP contribution in [0.1, 0.15) is 34.7 Å². The zero-order valence-electron chi connectivity index (χ0n) is 11.9. The molecule has 1 aromatic carbocycles. The lowest BCUT2D eigenvalue weighted by Crippen LogP contribution is -2.41. The Morgan fingerprint density at radius 1 is 1.29 bits per heavy atom. The summed E-state index contributed by atoms with van der Waals surface area (Å²) in [6, 6.07) is 8.05. The van der Waals surface area contributed by atoms with Gasteiger partial charge in [-0.25, -0.2) is 4.39 Å². The molecule has 110 valence electrons. The molecule has 5 heteroatoms. The number of carbonyl (C=O) groups excluding carboxylic acids is 1. The van der Waals surface area contributed by atoms with Crippen molar-refractivity contribution in [3.63, 3.8) is 0 Å². The summed E-state index contributed by atoms with van der Waals surface area (Å²) < 4.78 is 16.1. The maximum atomic E-state index is 13.9. The first-order valence-electron chi connectivity index (χ1n) is 6.91. The Balaban J connectivity index is 1.95. The number of nitrogens with zero attached hydrogens (tertiary/aromatic N) is 2. The van der Waals surface area contributed by atoms with E-state index in [1.807, 2.05) is 26.0 Å². The summed E-state index contributed by atoms with van der Waals surface area (Å²) >= 11 is 5.88. The van der Waals surface area contributed by atoms with E-state index in [1.165, 1.54) is 23.9 Å². The molecule has 0 fully saturated rings. The summed E-state index contributed by atoms with van der Waals surface area (Å²) in [6.45, 7) is 5.30. The Morgan fingerprint density at radius 3 is 2.81 bits per heavy atom. The second kappa shape index (κ2) is 5.19. The van der Waals surface area contributed by atoms with Crippen LogP contribution >= 0.6 is 11.6 Å². The fraction of sp³-hybridized carbons (Fsp3) is 0.312. The van der Waals surface area contributed by atoms with Gasteiger partial charge < -0.3 is 9.47 Å². The van der Waals surface area contributed by atoms with Crippen molar-refractivity contribution in [3.05, 3.63) is 58.1 Å². The quantitative estimate of drug-likeness (QED) is 0.786. The first-order valence-corrected chi connectivity index (χ1v) is 7.29. The molecule has 1 unspecified atom stereocenters. The van der Waals surface area contributed by atoms with E-state index in [4.69, 9.17) is 11.6 Å². The van der Waals surface area contributed by atoms with Crippen molar-refractivity contribution in [1.29, 1.82) is 0 Å². The van der Waals surface area contributed by atoms with E-state index in [1.54, 1.807) is 4.90 Å². The van der Waals surface area contributed by atoms with E-state index in [0.717, 1.165) is 12.2 Å². The molecule has 0 saturated carbocycles. The lowest BCUT2D eigenvalue weighted by Gasteiger charge is -2.35. The third-order valence-electron chi connectivity index (χ3n) is 4.11. The summed E-state index contributed by atoms with van der Waals surface area (Å²) in [7, 11) is 0. The van der Waals surface area contributed by atoms with E-state index in [-0.39, 0.29) is 17.5 Å². The molecule has 0 spiro atoms. The highest BCUT2D eigenvalue weighted by Crippen LogP contribution is 2.29. The Morgan fingerprint density at radius 2 is 2.05 bits per heavy atom. The van der Waals surface area contributed by atoms with Gasteiger partial charge in [0.25, 0.3) is 5.91 Å². The minimum Gasteiger partial charge on any atom is -0.345 e. The number of carbonyl (C=O) groups is 1. The zero-order valence-corrected chi connectivity index (χ0v) is 12.7. The average molecular weight is 307 g/mol. The van der Waals surface area contributed by atoms with Gasteiger partial charge in [-0.1, -0.05) is 11.6 Å². The van der Waals surface area contributed by atoms with Crippen LogP contribution in [0.4, 0.5) is 4.39 Å². The highest BCUT2D eigenvalue weighted by molar-refractivity contribution is 6.31. The Labute approximate surface area is 127 Å². The van der Waals surface area contributed by atoms with Crippen LogP contribution in [0.15, 0.2) is 30.3 Å². The maximum absolute atomic E-state index is 13.9. The third-order valence-corrected chi connectivity index (χ3v) is 4.35. The van der Waals surface area contributed by atoms with Gasteiger partial charge in [0.05, 0.1) is 11.6 Å². The highest BCUT2D eigenvalue weighted by Gasteiger charge is 2.30. The molecule has 1 aliphatic heterocycles. The van der Waals surface area contributed by atoms with Crippen molar-refractivity contribution in [2.24, 2.45) is 0 Å². The SMILES string of the molecule is Cc1ccc2n1CCN(C(=O)c1cc(Cl)ccc1F)C2C. The number of amides is 1. The lowest BCUT2D eigenvalue weighted by molar-refractivity contribution is 0.0638. The van der Waals surface area contributed by atoms with Crippen LogP contribution in [-0.2, 0) is 6.54 Å². The summed E-state index contributed by atoms with van der Waals surface area (Å²) in [5.41, 5.74) is 2.29. The molecule has 21 heavy (non-hydrogen) atoms. The lowest BCUT2D eigenvalue weighted by atomic mass is 10.1. The smallest absolute Gasteiger partial charge is 0.257 e. The first-order chi connectivity index (χ1) is 9.99. The predicted octanol–water partition coefficient (Wildman–Crippen LogP) is 3.81. The highest BCUT2D eigenvalue weighted by atomic mass is 35.5. The average Bonchev–Trinajstić information content (AvgIpc) is 2.84. The van der Waals surface area contributed by atoms with E-state index in [2.05, 4.69) is 4.57 Å². The Hall–Kier alpha value is -1.81. The molecule has 0 bridgehead atoms. The van der Waals surface area contributed by atoms with Crippen molar-refractivity contribution in [3.8, 4) is 0 Å². The van der Waals surface area contributed by atoms with Gasteiger partial charge in [0, 0.05) is 29.5 Å². The molecule has 0 radical (unpaired) electrons. The summed E-state index contributed by atoms with van der Waals surface area (Å²) in [6.07, 6.45) is 0. The predicted molar refractivity (Wildman–Crippen MR) is 80.0 cm³/mol. The first kappa shape index (κ1) is 14.1. The zero-order chi connectivity index (χ0) is 15.1. The molecule has 1 atom stereocenters. The fourth-order valence-corrected chi connectivity index (χ4v) is 3.09. The monoisotopic (exact) mass is 306 g/mol. The third kappa shape index (κ3) is 2.33. The van der Waals surface area contributed by atoms with Gasteiger partial charge in [-0.05, 0) is 44.2 Å². The van der Waals surface area contributed by atoms with Crippen LogP contribution in [0, 0.1) is 12.7 Å². The van der Waals surface area contributed by atoms with Crippen LogP contribution in [0.5, 0.6) is 0 Å². The van der Waals surface area contributed by atoms with Gasteiger partial charge in [0.2, 0.25) is 0 Å². The van der Waals surface area contributed by atoms with Crippen LogP contribution in [0.3, 0.4) is 0 Å². The van der Waals surface area contributed by atoms with Crippen molar-refractivity contribution >= 4 is 17.5 Å². The van der Waals surface area contributed by atoms with Crippen molar-refractivity contribution in [2.75, 3.05) is 6.54 Å². The minimum atomic E-state index is -0.534. The molecule has 1 amide bonds. The second-order valence-electron chi connectivity index (χ2n) is 5.35. The van der Waals surface area contributed by atoms with Gasteiger partial charge in [-0.3, -0.25) is 4.79 Å². The molecule has 2 aromatic rings. The van der Waals surface area contributed by atoms with Crippen LogP contribution < -0.4 is 0 Å². The number of rotatable bonds is 1. The van der Waals surface area contributed by atoms with Gasteiger partial charge in [-0.2, -0.15) is 0 Å². The number of aryl methyl sites for hydroxylation is 1. The van der Waals surface area contributed by atoms with Gasteiger partial charge >= 0.3 is 0 Å². The van der Waals surface area contributed by atoms with E-state index in [0.29, 0.717) is 11.6 Å². The van der Waals surface area contributed by atoms with Crippen molar-refractivity contribution < 1.29 is 9.18 Å². The van der Waals surface area contributed by atoms with Gasteiger partial charge in [0.15, 0.2) is 0 Å². The number of hydrogen-bond donors (Lipinski definition) is 0. The molecule has 1 aliphatic rings. The molecule has 1 aromatic heterocycles. The van der Waals surface area contributed by atoms with Crippen LogP contribution in [-0.4, -0.2) is 21.9 Å². The van der Waals surface area contributed by atoms with E-state index >= 15 is 0 Å². The Kier molecular flexibility index (Phi) is 3.49. The topological polar surface area (TPSA) is 25.2 Å². The molecule has 0 saturated heterocycles. The molecule has 0 N–H and O–H groups in total. The van der Waals surface area contributed by atoms with Gasteiger partial charge in [0.1, 0.15) is 5.82 Å². The van der Waals surface area contributed by atoms with E-state index < -0.39 is 5.82 Å². The number of halogens is 2. The number of hydrogen-bond acceptors (Lipinski definition) is 1. The molecular formula is C16H16ClFN2O. The molecule has 3 rings (SSSR count). The van der Waals surface area contributed by atoms with Crippen LogP contribution in [0.2, 0.25) is 5.02 Å². The standard InChI is InChI=1S/C16H16ClFN2O/c1-10-3-6-15-11(2)20(8-7-19(10)15)16(21)13-9-12(17)4-5-14(13)18/h3-6,9,11H,7-8H2,1-2H3. The largest absolute Gasteiger partial charge is 0.345 e. The normalized spacial score (nSPS) is 17.7. The van der Waals surface area contributed by atoms with E-state index in [9.17, 15) is 9.18 Å². The second-order valence-corrected chi connectivity index (χ2v) is 5.79. The molecule has 0 aliphatic carbocycles. The maximum Gasteiger partial charge on any atom is 0.257 e. The summed E-state index contributed by atoms with van der Waals surface area (Å²) in [5, 5.41) is 0.364. The van der Waals surface area contributed by atoms with Crippen molar-refractivity contribution in [1.82, 2.24) is 9.47 Å². The summed E-state index contributed by atoms with van der Waals surface area (Å²) in [4.78, 5) is 14.3. The minimum absolute atomic E-state index is 0.0334. The molecule has 3 nitrogen and oxygen atoms in total. The number of aromatic nitrogens is 1. The van der Waals surface area contributed by atoms with Crippen molar-refractivity contribution in [2.45, 2.75) is 26.4 Å². The fourth-order valence-electron chi connectivity index (χ4n) is 2.91. The number of fused-ring (bicyclic) bond motifs is 1. The van der Waals surface area contributed by atoms with Crippen LogP contribution in [0.25, 0.3) is 0 Å².